The number of carboxylic acids is 1. The lowest BCUT2D eigenvalue weighted by Crippen LogP contribution is -2.49. The predicted octanol–water partition coefficient (Wildman–Crippen LogP) is 2.88. The summed E-state index contributed by atoms with van der Waals surface area (Å²) in [6, 6.07) is 6.87. The molecule has 1 atom stereocenters. The van der Waals surface area contributed by atoms with E-state index in [-0.39, 0.29) is 18.5 Å². The van der Waals surface area contributed by atoms with Crippen molar-refractivity contribution >= 4 is 23.6 Å². The summed E-state index contributed by atoms with van der Waals surface area (Å²) in [5.41, 5.74) is 0.919. The van der Waals surface area contributed by atoms with E-state index >= 15 is 0 Å². The third-order valence-corrected chi connectivity index (χ3v) is 3.87. The van der Waals surface area contributed by atoms with Gasteiger partial charge in [0, 0.05) is 24.2 Å². The van der Waals surface area contributed by atoms with E-state index in [0.717, 1.165) is 24.8 Å². The Morgan fingerprint density at radius 3 is 2.90 bits per heavy atom. The molecule has 1 aliphatic rings. The summed E-state index contributed by atoms with van der Waals surface area (Å²) >= 11 is 5.90. The van der Waals surface area contributed by atoms with Crippen LogP contribution in [0.25, 0.3) is 0 Å². The molecular formula is C15H19ClN2O3. The van der Waals surface area contributed by atoms with Gasteiger partial charge in [-0.3, -0.25) is 4.79 Å². The van der Waals surface area contributed by atoms with Gasteiger partial charge in [-0.15, -0.1) is 0 Å². The lowest BCUT2D eigenvalue weighted by Gasteiger charge is -2.34. The van der Waals surface area contributed by atoms with E-state index in [4.69, 9.17) is 16.7 Å². The lowest BCUT2D eigenvalue weighted by molar-refractivity contribution is -0.138. The molecule has 0 saturated carbocycles. The molecule has 1 aromatic rings. The average Bonchev–Trinajstić information content (AvgIpc) is 2.45. The molecule has 0 bridgehead atoms. The second kappa shape index (κ2) is 7.31. The van der Waals surface area contributed by atoms with Crippen molar-refractivity contribution in [1.82, 2.24) is 10.2 Å². The van der Waals surface area contributed by atoms with Crippen LogP contribution >= 0.6 is 11.6 Å². The van der Waals surface area contributed by atoms with Gasteiger partial charge in [-0.25, -0.2) is 4.79 Å². The third-order valence-electron chi connectivity index (χ3n) is 3.63. The summed E-state index contributed by atoms with van der Waals surface area (Å²) in [5.74, 6) is -0.866. The van der Waals surface area contributed by atoms with Gasteiger partial charge in [-0.2, -0.15) is 0 Å². The maximum Gasteiger partial charge on any atom is 0.317 e. The van der Waals surface area contributed by atoms with Crippen molar-refractivity contribution in [2.75, 3.05) is 6.54 Å². The van der Waals surface area contributed by atoms with E-state index < -0.39 is 5.97 Å². The zero-order chi connectivity index (χ0) is 15.2. The van der Waals surface area contributed by atoms with Crippen LogP contribution in [0.3, 0.4) is 0 Å². The highest BCUT2D eigenvalue weighted by atomic mass is 35.5. The smallest absolute Gasteiger partial charge is 0.317 e. The normalized spacial score (nSPS) is 18.3. The van der Waals surface area contributed by atoms with Crippen LogP contribution < -0.4 is 5.32 Å². The Morgan fingerprint density at radius 2 is 2.19 bits per heavy atom. The maximum absolute atomic E-state index is 12.2. The molecule has 0 aromatic heterocycles. The molecule has 2 rings (SSSR count). The SMILES string of the molecule is O=C(O)CC1CCCCN1C(=O)NCc1cccc(Cl)c1. The first-order valence-electron chi connectivity index (χ1n) is 7.07. The largest absolute Gasteiger partial charge is 0.481 e. The van der Waals surface area contributed by atoms with Gasteiger partial charge < -0.3 is 15.3 Å². The number of nitrogens with zero attached hydrogens (tertiary/aromatic N) is 1. The van der Waals surface area contributed by atoms with Gasteiger partial charge in [0.25, 0.3) is 0 Å². The summed E-state index contributed by atoms with van der Waals surface area (Å²) < 4.78 is 0. The van der Waals surface area contributed by atoms with Crippen LogP contribution in [0.2, 0.25) is 5.02 Å². The molecule has 114 valence electrons. The van der Waals surface area contributed by atoms with Crippen LogP contribution in [0, 0.1) is 0 Å². The molecule has 0 aliphatic carbocycles. The van der Waals surface area contributed by atoms with Crippen molar-refractivity contribution in [2.24, 2.45) is 0 Å². The number of piperidine rings is 1. The Morgan fingerprint density at radius 1 is 1.38 bits per heavy atom. The third kappa shape index (κ3) is 4.63. The number of hydrogen-bond donors (Lipinski definition) is 2. The average molecular weight is 311 g/mol. The van der Waals surface area contributed by atoms with Crippen LogP contribution in [-0.2, 0) is 11.3 Å². The van der Waals surface area contributed by atoms with Crippen LogP contribution in [0.15, 0.2) is 24.3 Å². The fourth-order valence-electron chi connectivity index (χ4n) is 2.61. The van der Waals surface area contributed by atoms with E-state index in [2.05, 4.69) is 5.32 Å². The first kappa shape index (κ1) is 15.6. The molecular weight excluding hydrogens is 292 g/mol. The quantitative estimate of drug-likeness (QED) is 0.898. The number of aliphatic carboxylic acids is 1. The summed E-state index contributed by atoms with van der Waals surface area (Å²) in [6.45, 7) is 0.995. The molecule has 21 heavy (non-hydrogen) atoms. The summed E-state index contributed by atoms with van der Waals surface area (Å²) in [5, 5.41) is 12.4. The molecule has 2 N–H and O–H groups in total. The van der Waals surface area contributed by atoms with Crippen molar-refractivity contribution in [2.45, 2.75) is 38.3 Å². The minimum absolute atomic E-state index is 0.00455. The van der Waals surface area contributed by atoms with Crippen LogP contribution in [-0.4, -0.2) is 34.6 Å². The summed E-state index contributed by atoms with van der Waals surface area (Å²) in [7, 11) is 0. The number of nitrogens with one attached hydrogen (secondary N) is 1. The van der Waals surface area contributed by atoms with Gasteiger partial charge in [0.15, 0.2) is 0 Å². The van der Waals surface area contributed by atoms with E-state index in [1.807, 2.05) is 12.1 Å². The van der Waals surface area contributed by atoms with E-state index in [0.29, 0.717) is 18.1 Å². The van der Waals surface area contributed by atoms with Crippen molar-refractivity contribution < 1.29 is 14.7 Å². The van der Waals surface area contributed by atoms with Crippen molar-refractivity contribution in [3.05, 3.63) is 34.9 Å². The number of hydrogen-bond acceptors (Lipinski definition) is 2. The topological polar surface area (TPSA) is 69.6 Å². The number of carbonyl (C=O) groups is 2. The molecule has 2 amide bonds. The number of likely N-dealkylation sites (tertiary alicyclic amines) is 1. The second-order valence-electron chi connectivity index (χ2n) is 5.23. The highest BCUT2D eigenvalue weighted by Gasteiger charge is 2.28. The monoisotopic (exact) mass is 310 g/mol. The van der Waals surface area contributed by atoms with Gasteiger partial charge in [0.2, 0.25) is 0 Å². The molecule has 0 radical (unpaired) electrons. The van der Waals surface area contributed by atoms with Gasteiger partial charge in [0.1, 0.15) is 0 Å². The van der Waals surface area contributed by atoms with Crippen LogP contribution in [0.5, 0.6) is 0 Å². The number of carbonyl (C=O) groups excluding carboxylic acids is 1. The van der Waals surface area contributed by atoms with Gasteiger partial charge in [-0.05, 0) is 37.0 Å². The fourth-order valence-corrected chi connectivity index (χ4v) is 2.82. The van der Waals surface area contributed by atoms with Gasteiger partial charge >= 0.3 is 12.0 Å². The molecule has 5 nitrogen and oxygen atoms in total. The Hall–Kier alpha value is -1.75. The Balaban J connectivity index is 1.92. The summed E-state index contributed by atoms with van der Waals surface area (Å²) in [6.07, 6.45) is 2.64. The molecule has 1 heterocycles. The highest BCUT2D eigenvalue weighted by Crippen LogP contribution is 2.20. The number of halogens is 1. The fraction of sp³-hybridized carbons (Fsp3) is 0.467. The van der Waals surface area contributed by atoms with Crippen molar-refractivity contribution in [3.8, 4) is 0 Å². The first-order valence-corrected chi connectivity index (χ1v) is 7.45. The van der Waals surface area contributed by atoms with E-state index in [1.165, 1.54) is 0 Å². The van der Waals surface area contributed by atoms with E-state index in [1.54, 1.807) is 17.0 Å². The molecule has 0 spiro atoms. The number of carboxylic acid groups (broad SMARTS) is 1. The molecule has 1 unspecified atom stereocenters. The standard InChI is InChI=1S/C15H19ClN2O3/c16-12-5-3-4-11(8-12)10-17-15(21)18-7-2-1-6-13(18)9-14(19)20/h3-5,8,13H,1-2,6-7,9-10H2,(H,17,21)(H,19,20). The zero-order valence-corrected chi connectivity index (χ0v) is 12.5. The van der Waals surface area contributed by atoms with Crippen molar-refractivity contribution in [1.29, 1.82) is 0 Å². The van der Waals surface area contributed by atoms with Gasteiger partial charge in [-0.1, -0.05) is 23.7 Å². The molecule has 6 heteroatoms. The van der Waals surface area contributed by atoms with Crippen LogP contribution in [0.1, 0.15) is 31.2 Å². The predicted molar refractivity (Wildman–Crippen MR) is 80.3 cm³/mol. The second-order valence-corrected chi connectivity index (χ2v) is 5.67. The first-order chi connectivity index (χ1) is 10.1. The molecule has 1 fully saturated rings. The lowest BCUT2D eigenvalue weighted by atomic mass is 10.00. The maximum atomic E-state index is 12.2. The Bertz CT molecular complexity index is 521. The number of amides is 2. The number of rotatable bonds is 4. The van der Waals surface area contributed by atoms with Crippen molar-refractivity contribution in [3.63, 3.8) is 0 Å². The summed E-state index contributed by atoms with van der Waals surface area (Å²) in [4.78, 5) is 24.8. The molecule has 1 aromatic carbocycles. The van der Waals surface area contributed by atoms with E-state index in [9.17, 15) is 9.59 Å². The minimum atomic E-state index is -0.866. The van der Waals surface area contributed by atoms with Crippen LogP contribution in [0.4, 0.5) is 4.79 Å². The zero-order valence-electron chi connectivity index (χ0n) is 11.7. The number of urea groups is 1. The Kier molecular flexibility index (Phi) is 5.44. The minimum Gasteiger partial charge on any atom is -0.481 e. The number of benzene rings is 1. The molecule has 1 saturated heterocycles. The molecule has 1 aliphatic heterocycles. The highest BCUT2D eigenvalue weighted by molar-refractivity contribution is 6.30. The Labute approximate surface area is 128 Å². The van der Waals surface area contributed by atoms with Gasteiger partial charge in [0.05, 0.1) is 6.42 Å².